The van der Waals surface area contributed by atoms with Crippen molar-refractivity contribution in [3.63, 3.8) is 0 Å². The van der Waals surface area contributed by atoms with Crippen molar-refractivity contribution < 1.29 is 19.1 Å². The maximum atomic E-state index is 12.1. The first-order chi connectivity index (χ1) is 13.4. The van der Waals surface area contributed by atoms with Crippen LogP contribution in [0, 0.1) is 11.3 Å². The second kappa shape index (κ2) is 9.73. The lowest BCUT2D eigenvalue weighted by Gasteiger charge is -2.18. The van der Waals surface area contributed by atoms with Crippen LogP contribution in [0.5, 0.6) is 0 Å². The molecule has 0 aliphatic carbocycles. The topological polar surface area (TPSA) is 120 Å². The molecule has 3 amide bonds. The second-order valence-corrected chi connectivity index (χ2v) is 5.94. The summed E-state index contributed by atoms with van der Waals surface area (Å²) in [6.45, 7) is 2.88. The standard InChI is InChI=1S/C20H20N4O4/c1-13(22-20(27)24-16-6-4-3-5-7-16)19(26)28-14(2)18(25)23-17-10-8-15(12-21)9-11-17/h3-11,13-14H,1-2H3,(H,23,25)(H2,22,24,27)/t13-,14+/m0/s1. The summed E-state index contributed by atoms with van der Waals surface area (Å²) < 4.78 is 5.10. The Morgan fingerprint density at radius 3 is 2.14 bits per heavy atom. The number of para-hydroxylation sites is 1. The number of rotatable bonds is 6. The fourth-order valence-electron chi connectivity index (χ4n) is 2.15. The molecular formula is C20H20N4O4. The van der Waals surface area contributed by atoms with Gasteiger partial charge in [0.25, 0.3) is 5.91 Å². The molecule has 8 heteroatoms. The third kappa shape index (κ3) is 6.14. The molecule has 2 rings (SSSR count). The lowest BCUT2D eigenvalue weighted by atomic mass is 10.2. The molecule has 0 fully saturated rings. The smallest absolute Gasteiger partial charge is 0.329 e. The molecule has 0 bridgehead atoms. The monoisotopic (exact) mass is 380 g/mol. The molecule has 0 heterocycles. The van der Waals surface area contributed by atoms with Gasteiger partial charge in [-0.15, -0.1) is 0 Å². The number of carbonyl (C=O) groups excluding carboxylic acids is 3. The summed E-state index contributed by atoms with van der Waals surface area (Å²) in [7, 11) is 0. The van der Waals surface area contributed by atoms with Gasteiger partial charge in [-0.05, 0) is 50.2 Å². The summed E-state index contributed by atoms with van der Waals surface area (Å²) in [4.78, 5) is 36.1. The number of esters is 1. The van der Waals surface area contributed by atoms with Crippen molar-refractivity contribution >= 4 is 29.3 Å². The number of nitrogens with one attached hydrogen (secondary N) is 3. The van der Waals surface area contributed by atoms with Gasteiger partial charge < -0.3 is 20.7 Å². The summed E-state index contributed by atoms with van der Waals surface area (Å²) in [5, 5.41) is 16.4. The van der Waals surface area contributed by atoms with Gasteiger partial charge in [-0.1, -0.05) is 18.2 Å². The minimum absolute atomic E-state index is 0.464. The van der Waals surface area contributed by atoms with E-state index in [4.69, 9.17) is 10.00 Å². The van der Waals surface area contributed by atoms with Crippen LogP contribution < -0.4 is 16.0 Å². The van der Waals surface area contributed by atoms with E-state index in [1.807, 2.05) is 12.1 Å². The zero-order valence-corrected chi connectivity index (χ0v) is 15.4. The zero-order chi connectivity index (χ0) is 20.5. The normalized spacial score (nSPS) is 12.0. The van der Waals surface area contributed by atoms with E-state index in [0.29, 0.717) is 16.9 Å². The van der Waals surface area contributed by atoms with Crippen LogP contribution in [0.1, 0.15) is 19.4 Å². The Balaban J connectivity index is 1.81. The van der Waals surface area contributed by atoms with Crippen LogP contribution in [0.4, 0.5) is 16.2 Å². The van der Waals surface area contributed by atoms with Gasteiger partial charge in [-0.3, -0.25) is 4.79 Å². The zero-order valence-electron chi connectivity index (χ0n) is 15.4. The quantitative estimate of drug-likeness (QED) is 0.665. The number of urea groups is 1. The molecule has 0 aromatic heterocycles. The molecule has 28 heavy (non-hydrogen) atoms. The van der Waals surface area contributed by atoms with E-state index in [1.54, 1.807) is 48.5 Å². The van der Waals surface area contributed by atoms with Crippen LogP contribution in [-0.4, -0.2) is 30.1 Å². The molecule has 0 aliphatic rings. The third-order valence-corrected chi connectivity index (χ3v) is 3.68. The van der Waals surface area contributed by atoms with Gasteiger partial charge in [0, 0.05) is 11.4 Å². The van der Waals surface area contributed by atoms with Crippen LogP contribution >= 0.6 is 0 Å². The molecule has 0 unspecified atom stereocenters. The van der Waals surface area contributed by atoms with Gasteiger partial charge in [0.1, 0.15) is 6.04 Å². The number of amides is 3. The van der Waals surface area contributed by atoms with Crippen LogP contribution in [0.15, 0.2) is 54.6 Å². The highest BCUT2D eigenvalue weighted by Crippen LogP contribution is 2.10. The van der Waals surface area contributed by atoms with Gasteiger partial charge in [0.2, 0.25) is 0 Å². The molecule has 0 saturated heterocycles. The Bertz CT molecular complexity index is 875. The number of ether oxygens (including phenoxy) is 1. The lowest BCUT2D eigenvalue weighted by molar-refractivity contribution is -0.154. The first kappa shape index (κ1) is 20.5. The highest BCUT2D eigenvalue weighted by Gasteiger charge is 2.23. The van der Waals surface area contributed by atoms with Crippen molar-refractivity contribution in [2.45, 2.75) is 26.0 Å². The summed E-state index contributed by atoms with van der Waals surface area (Å²) in [6.07, 6.45) is -1.07. The van der Waals surface area contributed by atoms with E-state index in [1.165, 1.54) is 13.8 Å². The highest BCUT2D eigenvalue weighted by atomic mass is 16.5. The predicted molar refractivity (Wildman–Crippen MR) is 103 cm³/mol. The Morgan fingerprint density at radius 2 is 1.54 bits per heavy atom. The van der Waals surface area contributed by atoms with E-state index in [-0.39, 0.29) is 0 Å². The van der Waals surface area contributed by atoms with Crippen molar-refractivity contribution in [1.29, 1.82) is 5.26 Å². The molecule has 0 saturated carbocycles. The number of hydrogen-bond donors (Lipinski definition) is 3. The van der Waals surface area contributed by atoms with Gasteiger partial charge in [-0.2, -0.15) is 5.26 Å². The van der Waals surface area contributed by atoms with Crippen LogP contribution in [0.3, 0.4) is 0 Å². The number of benzene rings is 2. The Labute approximate surface area is 162 Å². The van der Waals surface area contributed by atoms with Crippen molar-refractivity contribution in [2.24, 2.45) is 0 Å². The van der Waals surface area contributed by atoms with E-state index >= 15 is 0 Å². The Morgan fingerprint density at radius 1 is 0.929 bits per heavy atom. The van der Waals surface area contributed by atoms with Crippen molar-refractivity contribution in [2.75, 3.05) is 10.6 Å². The minimum atomic E-state index is -1.07. The third-order valence-electron chi connectivity index (χ3n) is 3.68. The first-order valence-electron chi connectivity index (χ1n) is 8.53. The minimum Gasteiger partial charge on any atom is -0.451 e. The van der Waals surface area contributed by atoms with E-state index < -0.39 is 30.1 Å². The van der Waals surface area contributed by atoms with Crippen LogP contribution in [0.25, 0.3) is 0 Å². The van der Waals surface area contributed by atoms with Gasteiger partial charge in [0.05, 0.1) is 11.6 Å². The molecule has 0 aliphatic heterocycles. The predicted octanol–water partition coefficient (Wildman–Crippen LogP) is 2.64. The number of hydrogen-bond acceptors (Lipinski definition) is 5. The lowest BCUT2D eigenvalue weighted by Crippen LogP contribution is -2.44. The number of nitrogens with zero attached hydrogens (tertiary/aromatic N) is 1. The van der Waals surface area contributed by atoms with Crippen molar-refractivity contribution in [3.8, 4) is 6.07 Å². The van der Waals surface area contributed by atoms with Gasteiger partial charge in [0.15, 0.2) is 6.10 Å². The molecule has 2 atom stereocenters. The molecule has 2 aromatic rings. The van der Waals surface area contributed by atoms with Gasteiger partial charge >= 0.3 is 12.0 Å². The largest absolute Gasteiger partial charge is 0.451 e. The molecule has 3 N–H and O–H groups in total. The SMILES string of the molecule is C[C@H](NC(=O)Nc1ccccc1)C(=O)O[C@H](C)C(=O)Nc1ccc(C#N)cc1. The molecular weight excluding hydrogens is 360 g/mol. The number of nitriles is 1. The van der Waals surface area contributed by atoms with Gasteiger partial charge in [-0.25, -0.2) is 9.59 Å². The Kier molecular flexibility index (Phi) is 7.11. The fourth-order valence-corrected chi connectivity index (χ4v) is 2.15. The highest BCUT2D eigenvalue weighted by molar-refractivity contribution is 5.96. The van der Waals surface area contributed by atoms with Crippen molar-refractivity contribution in [1.82, 2.24) is 5.32 Å². The summed E-state index contributed by atoms with van der Waals surface area (Å²) >= 11 is 0. The van der Waals surface area contributed by atoms with E-state index in [0.717, 1.165) is 0 Å². The van der Waals surface area contributed by atoms with Crippen LogP contribution in [0.2, 0.25) is 0 Å². The second-order valence-electron chi connectivity index (χ2n) is 5.94. The average Bonchev–Trinajstić information content (AvgIpc) is 2.69. The molecule has 0 radical (unpaired) electrons. The fraction of sp³-hybridized carbons (Fsp3) is 0.200. The number of carbonyl (C=O) groups is 3. The molecule has 8 nitrogen and oxygen atoms in total. The first-order valence-corrected chi connectivity index (χ1v) is 8.53. The number of anilines is 2. The van der Waals surface area contributed by atoms with Crippen LogP contribution in [-0.2, 0) is 14.3 Å². The maximum Gasteiger partial charge on any atom is 0.329 e. The average molecular weight is 380 g/mol. The maximum absolute atomic E-state index is 12.1. The molecule has 0 spiro atoms. The van der Waals surface area contributed by atoms with Crippen molar-refractivity contribution in [3.05, 3.63) is 60.2 Å². The molecule has 144 valence electrons. The van der Waals surface area contributed by atoms with E-state index in [9.17, 15) is 14.4 Å². The Hall–Kier alpha value is -3.86. The molecule has 2 aromatic carbocycles. The summed E-state index contributed by atoms with van der Waals surface area (Å²) in [5.74, 6) is -1.27. The van der Waals surface area contributed by atoms with E-state index in [2.05, 4.69) is 16.0 Å². The summed E-state index contributed by atoms with van der Waals surface area (Å²) in [6, 6.07) is 15.5. The summed E-state index contributed by atoms with van der Waals surface area (Å²) in [5.41, 5.74) is 1.52.